The normalized spacial score (nSPS) is 11.3. The Kier molecular flexibility index (Phi) is 6.03. The van der Waals surface area contributed by atoms with Crippen LogP contribution in [0.15, 0.2) is 152 Å². The zero-order valence-electron chi connectivity index (χ0n) is 21.8. The van der Waals surface area contributed by atoms with E-state index in [4.69, 9.17) is 0 Å². The molecule has 0 aliphatic carbocycles. The fourth-order valence-corrected chi connectivity index (χ4v) is 5.65. The maximum atomic E-state index is 2.37. The molecule has 1 heterocycles. The van der Waals surface area contributed by atoms with Crippen molar-refractivity contribution in [1.82, 2.24) is 4.57 Å². The van der Waals surface area contributed by atoms with E-state index in [1.165, 1.54) is 60.9 Å². The Morgan fingerprint density at radius 2 is 0.846 bits per heavy atom. The third-order valence-electron chi connectivity index (χ3n) is 7.74. The molecule has 0 saturated heterocycles. The van der Waals surface area contributed by atoms with Gasteiger partial charge in [-0.3, -0.25) is 0 Å². The fraction of sp³-hybridized carbons (Fsp3) is 0.0526. The SMILES string of the molecule is c1ccc(-c2ccc(CCc3ccc(-c4ccc5c(c4)c4ccccc4n5-c4ccccc4)cc3)cc2)cc1. The number of nitrogens with zero attached hydrogens (tertiary/aromatic N) is 1. The molecule has 186 valence electrons. The lowest BCUT2D eigenvalue weighted by Crippen LogP contribution is -1.93. The average molecular weight is 500 g/mol. The van der Waals surface area contributed by atoms with Gasteiger partial charge in [-0.1, -0.05) is 121 Å². The summed E-state index contributed by atoms with van der Waals surface area (Å²) in [6, 6.07) is 54.9. The van der Waals surface area contributed by atoms with Crippen LogP contribution in [0.1, 0.15) is 11.1 Å². The van der Waals surface area contributed by atoms with Crippen molar-refractivity contribution < 1.29 is 0 Å². The highest BCUT2D eigenvalue weighted by Crippen LogP contribution is 2.35. The molecule has 0 amide bonds. The van der Waals surface area contributed by atoms with Crippen LogP contribution in [-0.4, -0.2) is 4.57 Å². The first kappa shape index (κ1) is 23.3. The Bertz CT molecular complexity index is 1860. The molecule has 6 aromatic carbocycles. The van der Waals surface area contributed by atoms with Gasteiger partial charge in [0.15, 0.2) is 0 Å². The zero-order valence-corrected chi connectivity index (χ0v) is 21.8. The molecule has 0 unspecified atom stereocenters. The molecule has 7 aromatic rings. The second kappa shape index (κ2) is 10.1. The standard InChI is InChI=1S/C38H29N/c1-3-9-30(10-4-1)31-21-17-28(18-22-31)15-16-29-19-23-32(24-20-29)33-25-26-38-36(27-33)35-13-7-8-14-37(35)39(38)34-11-5-2-6-12-34/h1-14,17-27H,15-16H2. The monoisotopic (exact) mass is 499 g/mol. The Morgan fingerprint density at radius 3 is 1.51 bits per heavy atom. The highest BCUT2D eigenvalue weighted by atomic mass is 15.0. The van der Waals surface area contributed by atoms with Crippen molar-refractivity contribution >= 4 is 21.8 Å². The lowest BCUT2D eigenvalue weighted by molar-refractivity contribution is 0.961. The van der Waals surface area contributed by atoms with Crippen LogP contribution in [0.3, 0.4) is 0 Å². The largest absolute Gasteiger partial charge is 0.309 e. The molecule has 1 heteroatoms. The van der Waals surface area contributed by atoms with Gasteiger partial charge in [0.2, 0.25) is 0 Å². The van der Waals surface area contributed by atoms with Crippen molar-refractivity contribution in [3.05, 3.63) is 163 Å². The van der Waals surface area contributed by atoms with E-state index in [0.29, 0.717) is 0 Å². The molecular weight excluding hydrogens is 470 g/mol. The van der Waals surface area contributed by atoms with Crippen molar-refractivity contribution in [2.45, 2.75) is 12.8 Å². The minimum absolute atomic E-state index is 1.04. The number of aryl methyl sites for hydroxylation is 2. The zero-order chi connectivity index (χ0) is 26.0. The van der Waals surface area contributed by atoms with Gasteiger partial charge in [-0.05, 0) is 76.6 Å². The van der Waals surface area contributed by atoms with Gasteiger partial charge in [-0.15, -0.1) is 0 Å². The molecule has 0 spiro atoms. The second-order valence-corrected chi connectivity index (χ2v) is 10.2. The molecule has 1 aromatic heterocycles. The summed E-state index contributed by atoms with van der Waals surface area (Å²) in [4.78, 5) is 0. The second-order valence-electron chi connectivity index (χ2n) is 10.2. The quantitative estimate of drug-likeness (QED) is 0.214. The van der Waals surface area contributed by atoms with Gasteiger partial charge in [-0.25, -0.2) is 0 Å². The summed E-state index contributed by atoms with van der Waals surface area (Å²) in [5.41, 5.74) is 11.5. The summed E-state index contributed by atoms with van der Waals surface area (Å²) in [5, 5.41) is 2.57. The third-order valence-corrected chi connectivity index (χ3v) is 7.74. The number of aromatic nitrogens is 1. The summed E-state index contributed by atoms with van der Waals surface area (Å²) in [7, 11) is 0. The highest BCUT2D eigenvalue weighted by molar-refractivity contribution is 6.10. The van der Waals surface area contributed by atoms with E-state index in [2.05, 4.69) is 156 Å². The third kappa shape index (κ3) is 4.53. The van der Waals surface area contributed by atoms with Crippen molar-refractivity contribution in [2.75, 3.05) is 0 Å². The number of hydrogen-bond donors (Lipinski definition) is 0. The lowest BCUT2D eigenvalue weighted by Gasteiger charge is -2.09. The van der Waals surface area contributed by atoms with Crippen LogP contribution in [0.25, 0.3) is 49.7 Å². The van der Waals surface area contributed by atoms with Gasteiger partial charge in [0.1, 0.15) is 0 Å². The molecule has 0 atom stereocenters. The van der Waals surface area contributed by atoms with Crippen LogP contribution in [0.2, 0.25) is 0 Å². The molecule has 7 rings (SSSR count). The Morgan fingerprint density at radius 1 is 0.359 bits per heavy atom. The summed E-state index contributed by atoms with van der Waals surface area (Å²) < 4.78 is 2.37. The maximum Gasteiger partial charge on any atom is 0.0541 e. The van der Waals surface area contributed by atoms with Crippen molar-refractivity contribution in [3.63, 3.8) is 0 Å². The summed E-state index contributed by atoms with van der Waals surface area (Å²) in [6.45, 7) is 0. The van der Waals surface area contributed by atoms with E-state index in [-0.39, 0.29) is 0 Å². The Hall–Kier alpha value is -4.88. The first-order valence-electron chi connectivity index (χ1n) is 13.7. The van der Waals surface area contributed by atoms with E-state index < -0.39 is 0 Å². The number of benzene rings is 6. The average Bonchev–Trinajstić information content (AvgIpc) is 3.35. The fourth-order valence-electron chi connectivity index (χ4n) is 5.65. The molecule has 0 saturated carbocycles. The van der Waals surface area contributed by atoms with Crippen LogP contribution in [0.5, 0.6) is 0 Å². The molecule has 0 bridgehead atoms. The molecule has 0 N–H and O–H groups in total. The molecule has 0 aliphatic rings. The van der Waals surface area contributed by atoms with E-state index in [0.717, 1.165) is 12.8 Å². The maximum absolute atomic E-state index is 2.37. The summed E-state index contributed by atoms with van der Waals surface area (Å²) in [5.74, 6) is 0. The van der Waals surface area contributed by atoms with E-state index >= 15 is 0 Å². The molecule has 1 nitrogen and oxygen atoms in total. The molecular formula is C38H29N. The first-order chi connectivity index (χ1) is 19.3. The van der Waals surface area contributed by atoms with Crippen LogP contribution < -0.4 is 0 Å². The van der Waals surface area contributed by atoms with E-state index in [9.17, 15) is 0 Å². The number of rotatable bonds is 6. The Labute approximate surface area is 229 Å². The predicted molar refractivity (Wildman–Crippen MR) is 166 cm³/mol. The van der Waals surface area contributed by atoms with Gasteiger partial charge >= 0.3 is 0 Å². The lowest BCUT2D eigenvalue weighted by atomic mass is 9.98. The van der Waals surface area contributed by atoms with Crippen molar-refractivity contribution in [3.8, 4) is 27.9 Å². The molecule has 0 radical (unpaired) electrons. The van der Waals surface area contributed by atoms with Gasteiger partial charge < -0.3 is 4.57 Å². The van der Waals surface area contributed by atoms with Gasteiger partial charge in [-0.2, -0.15) is 0 Å². The van der Waals surface area contributed by atoms with Gasteiger partial charge in [0.05, 0.1) is 11.0 Å². The molecule has 0 aliphatic heterocycles. The smallest absolute Gasteiger partial charge is 0.0541 e. The highest BCUT2D eigenvalue weighted by Gasteiger charge is 2.13. The Balaban J connectivity index is 1.13. The van der Waals surface area contributed by atoms with E-state index in [1.54, 1.807) is 0 Å². The van der Waals surface area contributed by atoms with Crippen LogP contribution in [0, 0.1) is 0 Å². The summed E-state index contributed by atoms with van der Waals surface area (Å²) in [6.07, 6.45) is 2.08. The molecule has 39 heavy (non-hydrogen) atoms. The number of hydrogen-bond acceptors (Lipinski definition) is 0. The van der Waals surface area contributed by atoms with Crippen LogP contribution in [-0.2, 0) is 12.8 Å². The predicted octanol–water partition coefficient (Wildman–Crippen LogP) is 9.90. The van der Waals surface area contributed by atoms with Crippen molar-refractivity contribution in [2.24, 2.45) is 0 Å². The van der Waals surface area contributed by atoms with Crippen molar-refractivity contribution in [1.29, 1.82) is 0 Å². The minimum atomic E-state index is 1.04. The number of fused-ring (bicyclic) bond motifs is 3. The van der Waals surface area contributed by atoms with Crippen LogP contribution in [0.4, 0.5) is 0 Å². The first-order valence-corrected chi connectivity index (χ1v) is 13.7. The summed E-state index contributed by atoms with van der Waals surface area (Å²) >= 11 is 0. The van der Waals surface area contributed by atoms with Gasteiger partial charge in [0, 0.05) is 16.5 Å². The minimum Gasteiger partial charge on any atom is -0.309 e. The van der Waals surface area contributed by atoms with E-state index in [1.807, 2.05) is 0 Å². The topological polar surface area (TPSA) is 4.93 Å². The molecule has 0 fully saturated rings. The van der Waals surface area contributed by atoms with Crippen LogP contribution >= 0.6 is 0 Å². The number of para-hydroxylation sites is 2. The van der Waals surface area contributed by atoms with Gasteiger partial charge in [0.25, 0.3) is 0 Å².